The van der Waals surface area contributed by atoms with E-state index in [9.17, 15) is 4.79 Å². The summed E-state index contributed by atoms with van der Waals surface area (Å²) in [5.41, 5.74) is 3.90. The predicted molar refractivity (Wildman–Crippen MR) is 95.2 cm³/mol. The van der Waals surface area contributed by atoms with Crippen LogP contribution in [0.1, 0.15) is 40.5 Å². The molecule has 0 radical (unpaired) electrons. The SMILES string of the molecule is Cc1ccccc1C(=O)N1CCC[C@H](c2nc3ccccc3[nH]2)C1. The molecule has 1 saturated heterocycles. The van der Waals surface area contributed by atoms with Gasteiger partial charge in [0, 0.05) is 24.6 Å². The standard InChI is InChI=1S/C20H21N3O/c1-14-7-2-3-9-16(14)20(24)23-12-6-8-15(13-23)19-21-17-10-4-5-11-18(17)22-19/h2-5,7,9-11,15H,6,8,12-13H2,1H3,(H,21,22)/t15-/m0/s1. The average Bonchev–Trinajstić information content (AvgIpc) is 3.06. The molecule has 0 spiro atoms. The number of aromatic amines is 1. The summed E-state index contributed by atoms with van der Waals surface area (Å²) in [6.45, 7) is 3.55. The maximum absolute atomic E-state index is 12.9. The van der Waals surface area contributed by atoms with E-state index >= 15 is 0 Å². The highest BCUT2D eigenvalue weighted by Crippen LogP contribution is 2.28. The van der Waals surface area contributed by atoms with E-state index < -0.39 is 0 Å². The fraction of sp³-hybridized carbons (Fsp3) is 0.300. The number of benzene rings is 2. The van der Waals surface area contributed by atoms with Crippen LogP contribution >= 0.6 is 0 Å². The number of nitrogens with one attached hydrogen (secondary N) is 1. The van der Waals surface area contributed by atoms with E-state index in [1.807, 2.05) is 60.4 Å². The number of fused-ring (bicyclic) bond motifs is 1. The van der Waals surface area contributed by atoms with Gasteiger partial charge >= 0.3 is 0 Å². The zero-order valence-corrected chi connectivity index (χ0v) is 13.8. The van der Waals surface area contributed by atoms with Crippen LogP contribution in [0.25, 0.3) is 11.0 Å². The van der Waals surface area contributed by atoms with E-state index in [4.69, 9.17) is 4.98 Å². The Balaban J connectivity index is 1.57. The minimum absolute atomic E-state index is 0.133. The molecule has 1 atom stereocenters. The summed E-state index contributed by atoms with van der Waals surface area (Å²) >= 11 is 0. The molecule has 1 aliphatic rings. The summed E-state index contributed by atoms with van der Waals surface area (Å²) in [5.74, 6) is 1.41. The Morgan fingerprint density at radius 3 is 2.79 bits per heavy atom. The molecule has 2 aromatic carbocycles. The Morgan fingerprint density at radius 1 is 1.17 bits per heavy atom. The van der Waals surface area contributed by atoms with E-state index in [0.29, 0.717) is 0 Å². The Hall–Kier alpha value is -2.62. The molecular weight excluding hydrogens is 298 g/mol. The summed E-state index contributed by atoms with van der Waals surface area (Å²) in [6, 6.07) is 15.9. The number of carbonyl (C=O) groups is 1. The van der Waals surface area contributed by atoms with E-state index in [0.717, 1.165) is 53.9 Å². The number of para-hydroxylation sites is 2. The predicted octanol–water partition coefficient (Wildman–Crippen LogP) is 3.89. The van der Waals surface area contributed by atoms with Gasteiger partial charge in [-0.3, -0.25) is 4.79 Å². The van der Waals surface area contributed by atoms with Gasteiger partial charge in [0.05, 0.1) is 11.0 Å². The first-order valence-electron chi connectivity index (χ1n) is 8.52. The van der Waals surface area contributed by atoms with E-state index in [-0.39, 0.29) is 11.8 Å². The van der Waals surface area contributed by atoms with Gasteiger partial charge in [-0.25, -0.2) is 4.98 Å². The van der Waals surface area contributed by atoms with E-state index in [1.165, 1.54) is 0 Å². The van der Waals surface area contributed by atoms with Crippen LogP contribution in [0.4, 0.5) is 0 Å². The van der Waals surface area contributed by atoms with Crippen LogP contribution in [0, 0.1) is 6.92 Å². The van der Waals surface area contributed by atoms with Crippen molar-refractivity contribution >= 4 is 16.9 Å². The Kier molecular flexibility index (Phi) is 3.81. The molecule has 1 aromatic heterocycles. The molecule has 0 unspecified atom stereocenters. The molecule has 24 heavy (non-hydrogen) atoms. The lowest BCUT2D eigenvalue weighted by molar-refractivity contribution is 0.0704. The number of aromatic nitrogens is 2. The number of aryl methyl sites for hydroxylation is 1. The third-order valence-corrected chi connectivity index (χ3v) is 4.88. The molecular formula is C20H21N3O. The summed E-state index contributed by atoms with van der Waals surface area (Å²) in [4.78, 5) is 23.0. The topological polar surface area (TPSA) is 49.0 Å². The minimum atomic E-state index is 0.133. The van der Waals surface area contributed by atoms with Gasteiger partial charge in [-0.2, -0.15) is 0 Å². The van der Waals surface area contributed by atoms with Crippen molar-refractivity contribution in [1.29, 1.82) is 0 Å². The molecule has 2 heterocycles. The zero-order chi connectivity index (χ0) is 16.5. The van der Waals surface area contributed by atoms with Gasteiger partial charge in [-0.15, -0.1) is 0 Å². The Bertz CT molecular complexity index is 850. The molecule has 122 valence electrons. The van der Waals surface area contributed by atoms with E-state index in [1.54, 1.807) is 0 Å². The third kappa shape index (κ3) is 2.68. The number of imidazole rings is 1. The molecule has 0 bridgehead atoms. The monoisotopic (exact) mass is 319 g/mol. The summed E-state index contributed by atoms with van der Waals surface area (Å²) in [6.07, 6.45) is 2.08. The fourth-order valence-electron chi connectivity index (χ4n) is 3.53. The van der Waals surface area contributed by atoms with Crippen LogP contribution in [-0.4, -0.2) is 33.9 Å². The van der Waals surface area contributed by atoms with Crippen molar-refractivity contribution in [2.24, 2.45) is 0 Å². The number of H-pyrrole nitrogens is 1. The highest BCUT2D eigenvalue weighted by atomic mass is 16.2. The van der Waals surface area contributed by atoms with Gasteiger partial charge in [0.2, 0.25) is 0 Å². The molecule has 1 fully saturated rings. The lowest BCUT2D eigenvalue weighted by Crippen LogP contribution is -2.39. The number of hydrogen-bond donors (Lipinski definition) is 1. The first kappa shape index (κ1) is 14.9. The number of nitrogens with zero attached hydrogens (tertiary/aromatic N) is 2. The number of likely N-dealkylation sites (tertiary alicyclic amines) is 1. The molecule has 0 aliphatic carbocycles. The molecule has 3 aromatic rings. The second kappa shape index (κ2) is 6.11. The lowest BCUT2D eigenvalue weighted by atomic mass is 9.96. The van der Waals surface area contributed by atoms with Crippen LogP contribution in [0.3, 0.4) is 0 Å². The second-order valence-corrected chi connectivity index (χ2v) is 6.54. The number of carbonyl (C=O) groups excluding carboxylic acids is 1. The maximum Gasteiger partial charge on any atom is 0.254 e. The van der Waals surface area contributed by atoms with Crippen molar-refractivity contribution in [2.75, 3.05) is 13.1 Å². The molecule has 1 aliphatic heterocycles. The average molecular weight is 319 g/mol. The van der Waals surface area contributed by atoms with Gasteiger partial charge in [0.25, 0.3) is 5.91 Å². The molecule has 0 saturated carbocycles. The Morgan fingerprint density at radius 2 is 1.96 bits per heavy atom. The largest absolute Gasteiger partial charge is 0.342 e. The molecule has 1 amide bonds. The highest BCUT2D eigenvalue weighted by Gasteiger charge is 2.27. The van der Waals surface area contributed by atoms with Gasteiger partial charge in [-0.1, -0.05) is 30.3 Å². The molecule has 4 heteroatoms. The van der Waals surface area contributed by atoms with Crippen molar-refractivity contribution in [1.82, 2.24) is 14.9 Å². The normalized spacial score (nSPS) is 18.0. The fourth-order valence-corrected chi connectivity index (χ4v) is 3.53. The van der Waals surface area contributed by atoms with Gasteiger partial charge in [0.1, 0.15) is 5.82 Å². The molecule has 4 nitrogen and oxygen atoms in total. The molecule has 1 N–H and O–H groups in total. The maximum atomic E-state index is 12.9. The number of hydrogen-bond acceptors (Lipinski definition) is 2. The highest BCUT2D eigenvalue weighted by molar-refractivity contribution is 5.95. The summed E-state index contributed by atoms with van der Waals surface area (Å²) in [5, 5.41) is 0. The van der Waals surface area contributed by atoms with Crippen LogP contribution in [-0.2, 0) is 0 Å². The lowest BCUT2D eigenvalue weighted by Gasteiger charge is -2.32. The first-order chi connectivity index (χ1) is 11.7. The van der Waals surface area contributed by atoms with Crippen LogP contribution in [0.5, 0.6) is 0 Å². The molecule has 4 rings (SSSR count). The van der Waals surface area contributed by atoms with Crippen LogP contribution in [0.15, 0.2) is 48.5 Å². The number of amides is 1. The van der Waals surface area contributed by atoms with Crippen molar-refractivity contribution in [3.8, 4) is 0 Å². The number of rotatable bonds is 2. The van der Waals surface area contributed by atoms with Crippen molar-refractivity contribution in [2.45, 2.75) is 25.7 Å². The Labute approximate surface area is 141 Å². The van der Waals surface area contributed by atoms with Gasteiger partial charge in [0.15, 0.2) is 0 Å². The minimum Gasteiger partial charge on any atom is -0.342 e. The van der Waals surface area contributed by atoms with Gasteiger partial charge < -0.3 is 9.88 Å². The van der Waals surface area contributed by atoms with Crippen molar-refractivity contribution in [3.05, 3.63) is 65.5 Å². The number of piperidine rings is 1. The smallest absolute Gasteiger partial charge is 0.254 e. The first-order valence-corrected chi connectivity index (χ1v) is 8.52. The van der Waals surface area contributed by atoms with Crippen LogP contribution in [0.2, 0.25) is 0 Å². The van der Waals surface area contributed by atoms with E-state index in [2.05, 4.69) is 4.98 Å². The van der Waals surface area contributed by atoms with Crippen molar-refractivity contribution < 1.29 is 4.79 Å². The zero-order valence-electron chi connectivity index (χ0n) is 13.8. The van der Waals surface area contributed by atoms with Crippen LogP contribution < -0.4 is 0 Å². The summed E-state index contributed by atoms with van der Waals surface area (Å²) < 4.78 is 0. The second-order valence-electron chi connectivity index (χ2n) is 6.54. The van der Waals surface area contributed by atoms with Gasteiger partial charge in [-0.05, 0) is 43.5 Å². The third-order valence-electron chi connectivity index (χ3n) is 4.88. The van der Waals surface area contributed by atoms with Crippen molar-refractivity contribution in [3.63, 3.8) is 0 Å². The quantitative estimate of drug-likeness (QED) is 0.779. The summed E-state index contributed by atoms with van der Waals surface area (Å²) in [7, 11) is 0.